The molecule has 2 N–H and O–H groups in total. The second-order valence-corrected chi connectivity index (χ2v) is 14.1. The summed E-state index contributed by atoms with van der Waals surface area (Å²) >= 11 is 0. The van der Waals surface area contributed by atoms with E-state index in [2.05, 4.69) is 33.8 Å². The molecule has 1 aliphatic carbocycles. The van der Waals surface area contributed by atoms with E-state index in [1.54, 1.807) is 33.8 Å². The van der Waals surface area contributed by atoms with Crippen molar-refractivity contribution in [3.63, 3.8) is 0 Å². The highest BCUT2D eigenvalue weighted by Gasteiger charge is 2.62. The molecule has 5 atom stereocenters. The number of alkyl carbamates (subject to hydrolysis) is 1. The third-order valence-corrected chi connectivity index (χ3v) is 8.91. The number of carbonyl (C=O) groups excluding carboxylic acids is 4. The largest absolute Gasteiger partial charge is 0.497 e. The monoisotopic (exact) mass is 747 g/mol. The van der Waals surface area contributed by atoms with Crippen LogP contribution in [0.3, 0.4) is 0 Å². The minimum atomic E-state index is -4.97. The van der Waals surface area contributed by atoms with Crippen LogP contribution in [0.1, 0.15) is 78.3 Å². The summed E-state index contributed by atoms with van der Waals surface area (Å²) in [7, 11) is 1.39. The lowest BCUT2D eigenvalue weighted by atomic mass is 10.0. The van der Waals surface area contributed by atoms with Gasteiger partial charge in [0.1, 0.15) is 35.1 Å². The SMILES string of the molecule is C=CCCCCC[C@H](NC(=O)OC(C)(C)C)C(=O)N1C[C@H](Oc2nc3cc(OC)ccc3nc2C(F)(F)F)C[C@H]1C(=O)N[C@]1(C(=O)OCC)C[C@H]1C=C. The zero-order valence-electron chi connectivity index (χ0n) is 30.7. The topological polar surface area (TPSA) is 158 Å². The number of nitrogens with one attached hydrogen (secondary N) is 2. The number of carbonyl (C=O) groups is 4. The van der Waals surface area contributed by atoms with Crippen molar-refractivity contribution < 1.29 is 51.3 Å². The molecule has 2 fully saturated rings. The van der Waals surface area contributed by atoms with Crippen molar-refractivity contribution in [1.82, 2.24) is 25.5 Å². The van der Waals surface area contributed by atoms with Gasteiger partial charge < -0.3 is 34.5 Å². The molecule has 1 saturated carbocycles. The number of methoxy groups -OCH3 is 1. The maximum Gasteiger partial charge on any atom is 0.438 e. The maximum atomic E-state index is 14.4. The first-order valence-corrected chi connectivity index (χ1v) is 17.6. The number of aromatic nitrogens is 2. The van der Waals surface area contributed by atoms with Gasteiger partial charge in [0, 0.05) is 18.4 Å². The Labute approximate surface area is 306 Å². The van der Waals surface area contributed by atoms with E-state index in [0.717, 1.165) is 17.7 Å². The van der Waals surface area contributed by atoms with Gasteiger partial charge >= 0.3 is 18.2 Å². The van der Waals surface area contributed by atoms with E-state index >= 15 is 0 Å². The number of hydrogen-bond acceptors (Lipinski definition) is 10. The number of likely N-dealkylation sites (tertiary alicyclic amines) is 1. The van der Waals surface area contributed by atoms with Gasteiger partial charge in [-0.05, 0) is 65.5 Å². The molecule has 290 valence electrons. The van der Waals surface area contributed by atoms with Crippen LogP contribution in [0, 0.1) is 5.92 Å². The van der Waals surface area contributed by atoms with Crippen molar-refractivity contribution in [2.24, 2.45) is 5.92 Å². The van der Waals surface area contributed by atoms with Crippen molar-refractivity contribution in [2.45, 2.75) is 108 Å². The molecule has 3 amide bonds. The molecule has 0 unspecified atom stereocenters. The standard InChI is InChI=1S/C37H48F3N5O8/c1-8-11-12-13-14-15-26(43-34(49)53-35(4,5)6)32(47)45-21-24(19-28(45)30(46)44-36(20-22(36)9-2)33(48)51-10-3)52-31-29(37(38,39)40)41-25-17-16-23(50-7)18-27(25)42-31/h8-9,16-18,22,24,26,28H,1-2,10-15,19-21H2,3-7H3,(H,43,49)(H,44,46)/t22-,24-,26+,28+,36-/m1/s1. The molecule has 0 bridgehead atoms. The van der Waals surface area contributed by atoms with Gasteiger partial charge in [0.05, 0.1) is 31.3 Å². The van der Waals surface area contributed by atoms with Crippen LogP contribution >= 0.6 is 0 Å². The third kappa shape index (κ3) is 10.2. The van der Waals surface area contributed by atoms with Crippen molar-refractivity contribution in [3.05, 3.63) is 49.2 Å². The average molecular weight is 748 g/mol. The lowest BCUT2D eigenvalue weighted by Gasteiger charge is -2.30. The number of halogens is 3. The van der Waals surface area contributed by atoms with E-state index in [-0.39, 0.29) is 43.4 Å². The maximum absolute atomic E-state index is 14.4. The molecule has 13 nitrogen and oxygen atoms in total. The van der Waals surface area contributed by atoms with Gasteiger partial charge in [0.2, 0.25) is 23.4 Å². The van der Waals surface area contributed by atoms with E-state index in [4.69, 9.17) is 18.9 Å². The number of fused-ring (bicyclic) bond motifs is 1. The van der Waals surface area contributed by atoms with Gasteiger partial charge in [-0.1, -0.05) is 25.0 Å². The van der Waals surface area contributed by atoms with Crippen LogP contribution in [0.5, 0.6) is 11.6 Å². The minimum absolute atomic E-state index is 0.0509. The van der Waals surface area contributed by atoms with Gasteiger partial charge in [-0.3, -0.25) is 9.59 Å². The molecule has 16 heteroatoms. The summed E-state index contributed by atoms with van der Waals surface area (Å²) in [6.45, 7) is 13.8. The highest BCUT2D eigenvalue weighted by atomic mass is 19.4. The van der Waals surface area contributed by atoms with Crippen LogP contribution in [-0.2, 0) is 30.0 Å². The van der Waals surface area contributed by atoms with Gasteiger partial charge in [0.15, 0.2) is 0 Å². The summed E-state index contributed by atoms with van der Waals surface area (Å²) in [4.78, 5) is 63.4. The van der Waals surface area contributed by atoms with E-state index in [1.165, 1.54) is 31.4 Å². The predicted octanol–water partition coefficient (Wildman–Crippen LogP) is 5.66. The third-order valence-electron chi connectivity index (χ3n) is 8.91. The predicted molar refractivity (Wildman–Crippen MR) is 188 cm³/mol. The molecule has 1 saturated heterocycles. The number of unbranched alkanes of at least 4 members (excludes halogenated alkanes) is 3. The quantitative estimate of drug-likeness (QED) is 0.125. The molecular weight excluding hydrogens is 699 g/mol. The van der Waals surface area contributed by atoms with Crippen molar-refractivity contribution in [1.29, 1.82) is 0 Å². The number of amides is 3. The highest BCUT2D eigenvalue weighted by Crippen LogP contribution is 2.46. The van der Waals surface area contributed by atoms with Crippen LogP contribution in [0.4, 0.5) is 18.0 Å². The first-order chi connectivity index (χ1) is 25.0. The van der Waals surface area contributed by atoms with Crippen LogP contribution in [-0.4, -0.2) is 88.3 Å². The normalized spacial score (nSPS) is 21.7. The molecule has 2 heterocycles. The van der Waals surface area contributed by atoms with Gasteiger partial charge in [-0.25, -0.2) is 19.6 Å². The van der Waals surface area contributed by atoms with Crippen molar-refractivity contribution in [3.8, 4) is 11.6 Å². The zero-order valence-corrected chi connectivity index (χ0v) is 30.7. The fourth-order valence-electron chi connectivity index (χ4n) is 6.23. The fraction of sp³-hybridized carbons (Fsp3) is 0.568. The number of alkyl halides is 3. The average Bonchev–Trinajstić information content (AvgIpc) is 3.64. The van der Waals surface area contributed by atoms with E-state index in [1.807, 2.05) is 0 Å². The van der Waals surface area contributed by atoms with Gasteiger partial charge in [-0.15, -0.1) is 13.2 Å². The summed E-state index contributed by atoms with van der Waals surface area (Å²) in [5, 5.41) is 5.36. The Morgan fingerprint density at radius 1 is 1.09 bits per heavy atom. The summed E-state index contributed by atoms with van der Waals surface area (Å²) in [6.07, 6.45) is -0.846. The lowest BCUT2D eigenvalue weighted by Crippen LogP contribution is -2.56. The number of ether oxygens (including phenoxy) is 4. The number of allylic oxidation sites excluding steroid dienone is 1. The molecule has 53 heavy (non-hydrogen) atoms. The van der Waals surface area contributed by atoms with E-state index in [0.29, 0.717) is 18.6 Å². The number of esters is 1. The second kappa shape index (κ2) is 16.8. The minimum Gasteiger partial charge on any atom is -0.497 e. The Hall–Kier alpha value is -4.89. The van der Waals surface area contributed by atoms with Crippen LogP contribution in [0.15, 0.2) is 43.5 Å². The molecule has 1 aromatic heterocycles. The van der Waals surface area contributed by atoms with Crippen LogP contribution in [0.2, 0.25) is 0 Å². The fourth-order valence-corrected chi connectivity index (χ4v) is 6.23. The second-order valence-electron chi connectivity index (χ2n) is 14.1. The first kappa shape index (κ1) is 40.9. The molecular formula is C37H48F3N5O8. The molecule has 0 radical (unpaired) electrons. The smallest absolute Gasteiger partial charge is 0.438 e. The Bertz CT molecular complexity index is 1700. The number of nitrogens with zero attached hydrogens (tertiary/aromatic N) is 3. The Balaban J connectivity index is 1.70. The Morgan fingerprint density at radius 3 is 2.43 bits per heavy atom. The number of benzene rings is 1. The summed E-state index contributed by atoms with van der Waals surface area (Å²) in [5.41, 5.74) is -3.69. The molecule has 2 aliphatic rings. The summed E-state index contributed by atoms with van der Waals surface area (Å²) in [5.74, 6) is -3.08. The van der Waals surface area contributed by atoms with Gasteiger partial charge in [0.25, 0.3) is 0 Å². The number of hydrogen-bond donors (Lipinski definition) is 2. The summed E-state index contributed by atoms with van der Waals surface area (Å²) in [6, 6.07) is 1.69. The highest BCUT2D eigenvalue weighted by molar-refractivity contribution is 5.96. The molecule has 0 spiro atoms. The molecule has 1 aromatic carbocycles. The van der Waals surface area contributed by atoms with Crippen LogP contribution in [0.25, 0.3) is 11.0 Å². The van der Waals surface area contributed by atoms with E-state index in [9.17, 15) is 32.3 Å². The van der Waals surface area contributed by atoms with E-state index < -0.39 is 76.9 Å². The molecule has 1 aliphatic heterocycles. The number of rotatable bonds is 16. The zero-order chi connectivity index (χ0) is 39.1. The van der Waals surface area contributed by atoms with Crippen LogP contribution < -0.4 is 20.1 Å². The molecule has 2 aromatic rings. The Kier molecular flexibility index (Phi) is 13.0. The first-order valence-electron chi connectivity index (χ1n) is 17.6. The molecule has 4 rings (SSSR count). The van der Waals surface area contributed by atoms with Crippen molar-refractivity contribution in [2.75, 3.05) is 20.3 Å². The summed E-state index contributed by atoms with van der Waals surface area (Å²) < 4.78 is 64.6. The van der Waals surface area contributed by atoms with Gasteiger partial charge in [-0.2, -0.15) is 13.2 Å². The van der Waals surface area contributed by atoms with Crippen molar-refractivity contribution >= 4 is 34.9 Å². The lowest BCUT2D eigenvalue weighted by molar-refractivity contribution is -0.150. The Morgan fingerprint density at radius 2 is 1.83 bits per heavy atom.